The van der Waals surface area contributed by atoms with Crippen molar-refractivity contribution in [2.45, 2.75) is 6.61 Å². The third kappa shape index (κ3) is 3.58. The third-order valence-corrected chi connectivity index (χ3v) is 4.34. The molecule has 7 heteroatoms. The normalized spacial score (nSPS) is 10.9. The summed E-state index contributed by atoms with van der Waals surface area (Å²) in [6, 6.07) is 13.5. The molecule has 4 rings (SSSR count). The number of halogens is 2. The summed E-state index contributed by atoms with van der Waals surface area (Å²) >= 11 is 5.88. The lowest BCUT2D eigenvalue weighted by molar-refractivity contribution is 0.282. The maximum Gasteiger partial charge on any atom is 0.163 e. The highest BCUT2D eigenvalue weighted by Gasteiger charge is 2.11. The molecule has 134 valence electrons. The zero-order valence-corrected chi connectivity index (χ0v) is 14.8. The van der Waals surface area contributed by atoms with Crippen LogP contribution < -0.4 is 5.32 Å². The van der Waals surface area contributed by atoms with E-state index < -0.39 is 5.82 Å². The first-order chi connectivity index (χ1) is 13.1. The summed E-state index contributed by atoms with van der Waals surface area (Å²) < 4.78 is 13.4. The molecule has 2 N–H and O–H groups in total. The van der Waals surface area contributed by atoms with E-state index in [1.54, 1.807) is 36.7 Å². The Morgan fingerprint density at radius 1 is 1.07 bits per heavy atom. The van der Waals surface area contributed by atoms with Crippen LogP contribution in [0.1, 0.15) is 5.56 Å². The third-order valence-electron chi connectivity index (χ3n) is 4.05. The van der Waals surface area contributed by atoms with E-state index in [1.807, 2.05) is 12.1 Å². The molecule has 0 unspecified atom stereocenters. The van der Waals surface area contributed by atoms with Gasteiger partial charge >= 0.3 is 0 Å². The summed E-state index contributed by atoms with van der Waals surface area (Å²) in [5.74, 6) is 0.547. The molecule has 0 aliphatic carbocycles. The molecule has 0 aliphatic heterocycles. The van der Waals surface area contributed by atoms with Crippen LogP contribution in [0.2, 0.25) is 5.02 Å². The molecular formula is C20H14ClFN4O. The van der Waals surface area contributed by atoms with Crippen molar-refractivity contribution in [2.75, 3.05) is 5.32 Å². The van der Waals surface area contributed by atoms with Crippen molar-refractivity contribution in [1.82, 2.24) is 15.0 Å². The fourth-order valence-corrected chi connectivity index (χ4v) is 2.88. The number of hydrogen-bond acceptors (Lipinski definition) is 5. The number of benzene rings is 2. The molecule has 0 spiro atoms. The SMILES string of the molecule is OCc1ccc2c(Nc3ccc(F)c(Cl)c3)nc(-c3cccnc3)nc2c1. The number of hydrogen-bond donors (Lipinski definition) is 2. The topological polar surface area (TPSA) is 70.9 Å². The molecule has 2 heterocycles. The van der Waals surface area contributed by atoms with Crippen molar-refractivity contribution in [2.24, 2.45) is 0 Å². The molecule has 4 aromatic rings. The first kappa shape index (κ1) is 17.3. The molecule has 0 atom stereocenters. The van der Waals surface area contributed by atoms with Gasteiger partial charge in [-0.3, -0.25) is 4.98 Å². The minimum Gasteiger partial charge on any atom is -0.392 e. The summed E-state index contributed by atoms with van der Waals surface area (Å²) in [5.41, 5.74) is 2.78. The molecule has 5 nitrogen and oxygen atoms in total. The van der Waals surface area contributed by atoms with Crippen LogP contribution in [0.15, 0.2) is 60.9 Å². The van der Waals surface area contributed by atoms with Crippen molar-refractivity contribution < 1.29 is 9.50 Å². The highest BCUT2D eigenvalue weighted by atomic mass is 35.5. The maximum absolute atomic E-state index is 13.4. The average Bonchev–Trinajstić information content (AvgIpc) is 2.70. The molecule has 0 fully saturated rings. The van der Waals surface area contributed by atoms with Crippen molar-refractivity contribution in [3.8, 4) is 11.4 Å². The molecule has 0 radical (unpaired) electrons. The maximum atomic E-state index is 13.4. The Morgan fingerprint density at radius 2 is 1.96 bits per heavy atom. The second kappa shape index (κ2) is 7.26. The second-order valence-corrected chi connectivity index (χ2v) is 6.31. The molecule has 0 saturated carbocycles. The van der Waals surface area contributed by atoms with Gasteiger partial charge in [0.2, 0.25) is 0 Å². The molecule has 0 bridgehead atoms. The van der Waals surface area contributed by atoms with Gasteiger partial charge in [-0.1, -0.05) is 17.7 Å². The number of fused-ring (bicyclic) bond motifs is 1. The van der Waals surface area contributed by atoms with Crippen LogP contribution >= 0.6 is 11.6 Å². The number of aliphatic hydroxyl groups is 1. The number of nitrogens with one attached hydrogen (secondary N) is 1. The Bertz CT molecular complexity index is 1120. The van der Waals surface area contributed by atoms with Crippen LogP contribution in [0.4, 0.5) is 15.9 Å². The standard InChI is InChI=1S/C20H14ClFN4O/c21-16-9-14(4-6-17(16)22)24-20-15-5-3-12(11-27)8-18(15)25-19(26-20)13-2-1-7-23-10-13/h1-10,27H,11H2,(H,24,25,26). The Kier molecular flexibility index (Phi) is 4.66. The van der Waals surface area contributed by atoms with Gasteiger partial charge in [0.1, 0.15) is 11.6 Å². The summed E-state index contributed by atoms with van der Waals surface area (Å²) in [6.45, 7) is -0.0848. The summed E-state index contributed by atoms with van der Waals surface area (Å²) in [7, 11) is 0. The number of aromatic nitrogens is 3. The van der Waals surface area contributed by atoms with Crippen LogP contribution in [0, 0.1) is 5.82 Å². The van der Waals surface area contributed by atoms with Gasteiger partial charge in [0.25, 0.3) is 0 Å². The van der Waals surface area contributed by atoms with E-state index in [-0.39, 0.29) is 11.6 Å². The van der Waals surface area contributed by atoms with Gasteiger partial charge in [0.05, 0.1) is 17.1 Å². The van der Waals surface area contributed by atoms with Gasteiger partial charge in [-0.25, -0.2) is 14.4 Å². The van der Waals surface area contributed by atoms with E-state index in [0.29, 0.717) is 22.8 Å². The number of anilines is 2. The summed E-state index contributed by atoms with van der Waals surface area (Å²) in [6.07, 6.45) is 3.35. The van der Waals surface area contributed by atoms with Crippen LogP contribution in [-0.4, -0.2) is 20.1 Å². The fourth-order valence-electron chi connectivity index (χ4n) is 2.70. The Morgan fingerprint density at radius 3 is 2.70 bits per heavy atom. The molecule has 2 aromatic heterocycles. The first-order valence-corrected chi connectivity index (χ1v) is 8.56. The van der Waals surface area contributed by atoms with Crippen molar-refractivity contribution in [3.63, 3.8) is 0 Å². The van der Waals surface area contributed by atoms with E-state index in [4.69, 9.17) is 11.6 Å². The predicted molar refractivity (Wildman–Crippen MR) is 103 cm³/mol. The Labute approximate surface area is 159 Å². The van der Waals surface area contributed by atoms with E-state index in [1.165, 1.54) is 12.1 Å². The molecule has 2 aromatic carbocycles. The minimum absolute atomic E-state index is 0.0217. The lowest BCUT2D eigenvalue weighted by Gasteiger charge is -2.12. The van der Waals surface area contributed by atoms with E-state index in [2.05, 4.69) is 20.3 Å². The lowest BCUT2D eigenvalue weighted by atomic mass is 10.1. The van der Waals surface area contributed by atoms with Gasteiger partial charge in [-0.15, -0.1) is 0 Å². The van der Waals surface area contributed by atoms with Crippen LogP contribution in [-0.2, 0) is 6.61 Å². The number of aliphatic hydroxyl groups excluding tert-OH is 1. The molecule has 0 saturated heterocycles. The van der Waals surface area contributed by atoms with Gasteiger partial charge in [-0.2, -0.15) is 0 Å². The molecular weight excluding hydrogens is 367 g/mol. The largest absolute Gasteiger partial charge is 0.392 e. The van der Waals surface area contributed by atoms with Gasteiger partial charge in [0, 0.05) is 29.0 Å². The number of nitrogens with zero attached hydrogens (tertiary/aromatic N) is 3. The monoisotopic (exact) mass is 380 g/mol. The van der Waals surface area contributed by atoms with Gasteiger partial charge in [-0.05, 0) is 48.0 Å². The second-order valence-electron chi connectivity index (χ2n) is 5.90. The van der Waals surface area contributed by atoms with E-state index >= 15 is 0 Å². The van der Waals surface area contributed by atoms with Crippen molar-refractivity contribution in [3.05, 3.63) is 77.3 Å². The van der Waals surface area contributed by atoms with Crippen LogP contribution in [0.25, 0.3) is 22.3 Å². The number of rotatable bonds is 4. The summed E-state index contributed by atoms with van der Waals surface area (Å²) in [5, 5.41) is 13.4. The molecule has 0 amide bonds. The fraction of sp³-hybridized carbons (Fsp3) is 0.0500. The van der Waals surface area contributed by atoms with Crippen LogP contribution in [0.3, 0.4) is 0 Å². The molecule has 27 heavy (non-hydrogen) atoms. The predicted octanol–water partition coefficient (Wildman–Crippen LogP) is 4.72. The van der Waals surface area contributed by atoms with Crippen LogP contribution in [0.5, 0.6) is 0 Å². The summed E-state index contributed by atoms with van der Waals surface area (Å²) in [4.78, 5) is 13.3. The smallest absolute Gasteiger partial charge is 0.163 e. The highest BCUT2D eigenvalue weighted by Crippen LogP contribution is 2.29. The van der Waals surface area contributed by atoms with Gasteiger partial charge < -0.3 is 10.4 Å². The van der Waals surface area contributed by atoms with Crippen molar-refractivity contribution >= 4 is 34.0 Å². The Hall–Kier alpha value is -3.09. The zero-order chi connectivity index (χ0) is 18.8. The minimum atomic E-state index is -0.488. The average molecular weight is 381 g/mol. The van der Waals surface area contributed by atoms with E-state index in [0.717, 1.165) is 16.5 Å². The lowest BCUT2D eigenvalue weighted by Crippen LogP contribution is -2.00. The zero-order valence-electron chi connectivity index (χ0n) is 14.0. The Balaban J connectivity index is 1.87. The van der Waals surface area contributed by atoms with Crippen molar-refractivity contribution in [1.29, 1.82) is 0 Å². The quantitative estimate of drug-likeness (QED) is 0.536. The van der Waals surface area contributed by atoms with E-state index in [9.17, 15) is 9.50 Å². The molecule has 0 aliphatic rings. The first-order valence-electron chi connectivity index (χ1n) is 8.18. The van der Waals surface area contributed by atoms with Gasteiger partial charge in [0.15, 0.2) is 5.82 Å². The number of pyridine rings is 1. The highest BCUT2D eigenvalue weighted by molar-refractivity contribution is 6.31.